The second-order valence-corrected chi connectivity index (χ2v) is 10.9. The third-order valence-electron chi connectivity index (χ3n) is 4.48. The number of fused-ring (bicyclic) bond motifs is 1. The van der Waals surface area contributed by atoms with Gasteiger partial charge in [0.1, 0.15) is 9.86 Å². The van der Waals surface area contributed by atoms with Gasteiger partial charge in [0.2, 0.25) is 0 Å². The lowest BCUT2D eigenvalue weighted by Crippen LogP contribution is -2.48. The smallest absolute Gasteiger partial charge is 0.258 e. The van der Waals surface area contributed by atoms with Gasteiger partial charge in [-0.05, 0) is 40.2 Å². The Balaban J connectivity index is 1.45. The molecular weight excluding hydrogens is 452 g/mol. The maximum absolute atomic E-state index is 12.7. The van der Waals surface area contributed by atoms with Crippen molar-refractivity contribution >= 4 is 42.9 Å². The molecule has 0 bridgehead atoms. The van der Waals surface area contributed by atoms with E-state index in [0.29, 0.717) is 48.3 Å². The van der Waals surface area contributed by atoms with Gasteiger partial charge in [0.25, 0.3) is 15.6 Å². The van der Waals surface area contributed by atoms with Gasteiger partial charge in [-0.3, -0.25) is 14.1 Å². The number of aromatic nitrogens is 2. The van der Waals surface area contributed by atoms with Gasteiger partial charge < -0.3 is 0 Å². The predicted octanol–water partition coefficient (Wildman–Crippen LogP) is 2.02. The number of pyridine rings is 1. The van der Waals surface area contributed by atoms with Gasteiger partial charge in [-0.15, -0.1) is 11.3 Å². The quantitative estimate of drug-likeness (QED) is 0.585. The summed E-state index contributed by atoms with van der Waals surface area (Å²) >= 11 is 4.53. The molecule has 0 N–H and O–H groups in total. The summed E-state index contributed by atoms with van der Waals surface area (Å²) < 4.78 is 29.6. The van der Waals surface area contributed by atoms with E-state index >= 15 is 0 Å². The Kier molecular flexibility index (Phi) is 5.17. The lowest BCUT2D eigenvalue weighted by atomic mass is 10.3. The van der Waals surface area contributed by atoms with Gasteiger partial charge in [0.15, 0.2) is 0 Å². The molecule has 0 atom stereocenters. The molecular formula is C17H17BrN4O3S2. The Morgan fingerprint density at radius 2 is 1.89 bits per heavy atom. The number of hydrogen-bond acceptors (Lipinski definition) is 6. The van der Waals surface area contributed by atoms with Crippen LogP contribution < -0.4 is 5.56 Å². The lowest BCUT2D eigenvalue weighted by Gasteiger charge is -2.33. The van der Waals surface area contributed by atoms with Gasteiger partial charge in [-0.1, -0.05) is 6.07 Å². The molecule has 142 valence electrons. The maximum Gasteiger partial charge on any atom is 0.258 e. The molecule has 0 aromatic carbocycles. The van der Waals surface area contributed by atoms with E-state index in [1.807, 2.05) is 6.07 Å². The third-order valence-corrected chi connectivity index (χ3v) is 8.47. The third kappa shape index (κ3) is 3.85. The first-order valence-electron chi connectivity index (χ1n) is 8.39. The molecule has 3 aromatic heterocycles. The summed E-state index contributed by atoms with van der Waals surface area (Å²) in [6.07, 6.45) is 1.70. The molecule has 4 heterocycles. The Morgan fingerprint density at radius 3 is 2.59 bits per heavy atom. The first-order chi connectivity index (χ1) is 12.9. The highest BCUT2D eigenvalue weighted by atomic mass is 79.9. The van der Waals surface area contributed by atoms with Gasteiger partial charge in [-0.2, -0.15) is 4.31 Å². The van der Waals surface area contributed by atoms with Crippen molar-refractivity contribution in [1.29, 1.82) is 0 Å². The van der Waals surface area contributed by atoms with E-state index in [0.717, 1.165) is 3.79 Å². The van der Waals surface area contributed by atoms with Crippen molar-refractivity contribution < 1.29 is 8.42 Å². The SMILES string of the molecule is O=c1cc(CN2CCN(S(=O)(=O)c3ccc(Br)s3)CC2)nc2ccccn12. The van der Waals surface area contributed by atoms with Crippen LogP contribution in [-0.2, 0) is 16.6 Å². The fourth-order valence-corrected chi connectivity index (χ4v) is 6.69. The summed E-state index contributed by atoms with van der Waals surface area (Å²) in [5.74, 6) is 0. The minimum Gasteiger partial charge on any atom is -0.295 e. The van der Waals surface area contributed by atoms with Crippen LogP contribution in [0.15, 0.2) is 55.4 Å². The van der Waals surface area contributed by atoms with Crippen molar-refractivity contribution in [2.24, 2.45) is 0 Å². The fraction of sp³-hybridized carbons (Fsp3) is 0.294. The van der Waals surface area contributed by atoms with E-state index in [1.54, 1.807) is 36.5 Å². The number of rotatable bonds is 4. The summed E-state index contributed by atoms with van der Waals surface area (Å²) in [5.41, 5.74) is 1.20. The highest BCUT2D eigenvalue weighted by Crippen LogP contribution is 2.29. The second-order valence-electron chi connectivity index (χ2n) is 6.25. The first-order valence-corrected chi connectivity index (χ1v) is 11.4. The van der Waals surface area contributed by atoms with Crippen LogP contribution in [0.1, 0.15) is 5.69 Å². The molecule has 0 saturated carbocycles. The monoisotopic (exact) mass is 468 g/mol. The Hall–Kier alpha value is -1.59. The highest BCUT2D eigenvalue weighted by molar-refractivity contribution is 9.11. The number of sulfonamides is 1. The number of piperazine rings is 1. The highest BCUT2D eigenvalue weighted by Gasteiger charge is 2.29. The minimum atomic E-state index is -3.45. The molecule has 0 unspecified atom stereocenters. The lowest BCUT2D eigenvalue weighted by molar-refractivity contribution is 0.180. The minimum absolute atomic E-state index is 0.111. The van der Waals surface area contributed by atoms with Crippen LogP contribution in [0.2, 0.25) is 0 Å². The molecule has 7 nitrogen and oxygen atoms in total. The topological polar surface area (TPSA) is 75.0 Å². The summed E-state index contributed by atoms with van der Waals surface area (Å²) in [6, 6.07) is 10.4. The van der Waals surface area contributed by atoms with Crippen molar-refractivity contribution in [3.63, 3.8) is 0 Å². The van der Waals surface area contributed by atoms with E-state index in [2.05, 4.69) is 25.8 Å². The molecule has 1 aliphatic heterocycles. The van der Waals surface area contributed by atoms with Crippen LogP contribution in [0.3, 0.4) is 0 Å². The van der Waals surface area contributed by atoms with Crippen LogP contribution in [0.5, 0.6) is 0 Å². The molecule has 3 aromatic rings. The van der Waals surface area contributed by atoms with Gasteiger partial charge >= 0.3 is 0 Å². The van der Waals surface area contributed by atoms with Gasteiger partial charge in [0, 0.05) is 45.0 Å². The van der Waals surface area contributed by atoms with Crippen molar-refractivity contribution in [2.45, 2.75) is 10.8 Å². The molecule has 0 amide bonds. The van der Waals surface area contributed by atoms with E-state index in [4.69, 9.17) is 0 Å². The van der Waals surface area contributed by atoms with Gasteiger partial charge in [0.05, 0.1) is 9.48 Å². The zero-order valence-corrected chi connectivity index (χ0v) is 17.5. The molecule has 0 spiro atoms. The molecule has 0 radical (unpaired) electrons. The van der Waals surface area contributed by atoms with Crippen molar-refractivity contribution in [1.82, 2.24) is 18.6 Å². The normalized spacial score (nSPS) is 16.8. The molecule has 1 saturated heterocycles. The number of hydrogen-bond donors (Lipinski definition) is 0. The summed E-state index contributed by atoms with van der Waals surface area (Å²) in [7, 11) is -3.45. The summed E-state index contributed by atoms with van der Waals surface area (Å²) in [6.45, 7) is 2.57. The first kappa shape index (κ1) is 18.8. The zero-order valence-electron chi connectivity index (χ0n) is 14.3. The van der Waals surface area contributed by atoms with E-state index in [-0.39, 0.29) is 5.56 Å². The Labute approximate surface area is 169 Å². The summed E-state index contributed by atoms with van der Waals surface area (Å²) in [5, 5.41) is 0. The van der Waals surface area contributed by atoms with E-state index in [1.165, 1.54) is 20.0 Å². The van der Waals surface area contributed by atoms with Crippen LogP contribution in [0, 0.1) is 0 Å². The second kappa shape index (κ2) is 7.44. The van der Waals surface area contributed by atoms with Crippen LogP contribution in [-0.4, -0.2) is 53.2 Å². The van der Waals surface area contributed by atoms with Crippen LogP contribution >= 0.6 is 27.3 Å². The molecule has 1 fully saturated rings. The molecule has 4 rings (SSSR count). The van der Waals surface area contributed by atoms with Gasteiger partial charge in [-0.25, -0.2) is 13.4 Å². The molecule has 1 aliphatic rings. The number of thiophene rings is 1. The predicted molar refractivity (Wildman–Crippen MR) is 108 cm³/mol. The average Bonchev–Trinajstić information content (AvgIpc) is 3.10. The van der Waals surface area contributed by atoms with E-state index in [9.17, 15) is 13.2 Å². The average molecular weight is 469 g/mol. The van der Waals surface area contributed by atoms with Crippen molar-refractivity contribution in [2.75, 3.05) is 26.2 Å². The number of nitrogens with zero attached hydrogens (tertiary/aromatic N) is 4. The molecule has 10 heteroatoms. The maximum atomic E-state index is 12.7. The van der Waals surface area contributed by atoms with Crippen LogP contribution in [0.25, 0.3) is 5.65 Å². The fourth-order valence-electron chi connectivity index (χ4n) is 3.10. The number of halogens is 1. The largest absolute Gasteiger partial charge is 0.295 e. The van der Waals surface area contributed by atoms with Crippen LogP contribution in [0.4, 0.5) is 0 Å². The summed E-state index contributed by atoms with van der Waals surface area (Å²) in [4.78, 5) is 18.9. The zero-order chi connectivity index (χ0) is 19.0. The van der Waals surface area contributed by atoms with E-state index < -0.39 is 10.0 Å². The Bertz CT molecular complexity index is 1130. The van der Waals surface area contributed by atoms with Crippen molar-refractivity contribution in [3.05, 3.63) is 62.4 Å². The standard InChI is InChI=1S/C17H17BrN4O3S2/c18-14-4-5-17(26-14)27(24,25)21-9-7-20(8-10-21)12-13-11-16(23)22-6-2-1-3-15(22)19-13/h1-6,11H,7-10,12H2. The molecule has 27 heavy (non-hydrogen) atoms. The van der Waals surface area contributed by atoms with Crippen molar-refractivity contribution in [3.8, 4) is 0 Å². The Morgan fingerprint density at radius 1 is 1.11 bits per heavy atom. The molecule has 0 aliphatic carbocycles.